The molecule has 1 rings (SSSR count). The van der Waals surface area contributed by atoms with Gasteiger partial charge in [-0.15, -0.1) is 0 Å². The third-order valence-electron chi connectivity index (χ3n) is 2.82. The molecule has 0 spiro atoms. The van der Waals surface area contributed by atoms with Crippen LogP contribution in [0.25, 0.3) is 0 Å². The number of ketones is 1. The van der Waals surface area contributed by atoms with Crippen LogP contribution >= 0.6 is 0 Å². The molecular formula is C15H22O2. The smallest absolute Gasteiger partial charge is 0.162 e. The molecule has 0 saturated heterocycles. The van der Waals surface area contributed by atoms with Crippen molar-refractivity contribution in [3.05, 3.63) is 29.3 Å². The SMILES string of the molecule is CCCCCOc1ccc(C(=O)CC)cc1C. The molecule has 94 valence electrons. The number of carbonyl (C=O) groups is 1. The second kappa shape index (κ2) is 7.10. The number of benzene rings is 1. The number of hydrogen-bond donors (Lipinski definition) is 0. The summed E-state index contributed by atoms with van der Waals surface area (Å²) in [5.74, 6) is 1.08. The maximum atomic E-state index is 11.5. The maximum absolute atomic E-state index is 11.5. The first-order chi connectivity index (χ1) is 8.19. The van der Waals surface area contributed by atoms with Crippen LogP contribution in [0.3, 0.4) is 0 Å². The average Bonchev–Trinajstić information content (AvgIpc) is 2.35. The predicted molar refractivity (Wildman–Crippen MR) is 70.8 cm³/mol. The molecule has 0 N–H and O–H groups in total. The summed E-state index contributed by atoms with van der Waals surface area (Å²) in [7, 11) is 0. The Morgan fingerprint density at radius 3 is 2.59 bits per heavy atom. The first-order valence-electron chi connectivity index (χ1n) is 6.45. The molecule has 0 atom stereocenters. The summed E-state index contributed by atoms with van der Waals surface area (Å²) in [4.78, 5) is 11.5. The molecule has 0 fully saturated rings. The number of aryl methyl sites for hydroxylation is 1. The summed E-state index contributed by atoms with van der Waals surface area (Å²) >= 11 is 0. The van der Waals surface area contributed by atoms with E-state index in [4.69, 9.17) is 4.74 Å². The highest BCUT2D eigenvalue weighted by Gasteiger charge is 2.06. The summed E-state index contributed by atoms with van der Waals surface area (Å²) in [5.41, 5.74) is 1.83. The van der Waals surface area contributed by atoms with Crippen LogP contribution in [0.2, 0.25) is 0 Å². The minimum atomic E-state index is 0.186. The van der Waals surface area contributed by atoms with Gasteiger partial charge in [-0.25, -0.2) is 0 Å². The van der Waals surface area contributed by atoms with Gasteiger partial charge in [-0.05, 0) is 37.1 Å². The zero-order valence-corrected chi connectivity index (χ0v) is 11.1. The summed E-state index contributed by atoms with van der Waals surface area (Å²) < 4.78 is 5.70. The van der Waals surface area contributed by atoms with E-state index in [1.807, 2.05) is 32.0 Å². The average molecular weight is 234 g/mol. The third-order valence-corrected chi connectivity index (χ3v) is 2.82. The molecule has 0 aliphatic carbocycles. The molecule has 0 bridgehead atoms. The van der Waals surface area contributed by atoms with Crippen LogP contribution in [0, 0.1) is 6.92 Å². The van der Waals surface area contributed by atoms with Crippen molar-refractivity contribution in [1.29, 1.82) is 0 Å². The van der Waals surface area contributed by atoms with Gasteiger partial charge in [0.25, 0.3) is 0 Å². The maximum Gasteiger partial charge on any atom is 0.162 e. The molecule has 2 heteroatoms. The highest BCUT2D eigenvalue weighted by atomic mass is 16.5. The lowest BCUT2D eigenvalue weighted by Gasteiger charge is -2.09. The van der Waals surface area contributed by atoms with Crippen molar-refractivity contribution < 1.29 is 9.53 Å². The second-order valence-electron chi connectivity index (χ2n) is 4.31. The number of Topliss-reactive ketones (excluding diaryl/α,β-unsaturated/α-hetero) is 1. The summed E-state index contributed by atoms with van der Waals surface area (Å²) in [6.45, 7) is 6.81. The lowest BCUT2D eigenvalue weighted by Crippen LogP contribution is -2.01. The van der Waals surface area contributed by atoms with Crippen LogP contribution in [-0.4, -0.2) is 12.4 Å². The standard InChI is InChI=1S/C15H22O2/c1-4-6-7-10-17-15-9-8-13(11-12(15)3)14(16)5-2/h8-9,11H,4-7,10H2,1-3H3. The minimum absolute atomic E-state index is 0.186. The number of unbranched alkanes of at least 4 members (excludes halogenated alkanes) is 2. The van der Waals surface area contributed by atoms with Crippen molar-refractivity contribution in [2.24, 2.45) is 0 Å². The normalized spacial score (nSPS) is 10.3. The van der Waals surface area contributed by atoms with Crippen LogP contribution in [0.5, 0.6) is 5.75 Å². The highest BCUT2D eigenvalue weighted by Crippen LogP contribution is 2.20. The number of rotatable bonds is 7. The summed E-state index contributed by atoms with van der Waals surface area (Å²) in [6.07, 6.45) is 4.04. The molecule has 0 aromatic heterocycles. The minimum Gasteiger partial charge on any atom is -0.493 e. The number of hydrogen-bond acceptors (Lipinski definition) is 2. The van der Waals surface area contributed by atoms with Crippen molar-refractivity contribution in [2.45, 2.75) is 46.5 Å². The van der Waals surface area contributed by atoms with Crippen molar-refractivity contribution in [2.75, 3.05) is 6.61 Å². The molecule has 0 aliphatic rings. The van der Waals surface area contributed by atoms with Gasteiger partial charge in [0.1, 0.15) is 5.75 Å². The van der Waals surface area contributed by atoms with E-state index in [1.165, 1.54) is 12.8 Å². The Morgan fingerprint density at radius 1 is 1.24 bits per heavy atom. The Morgan fingerprint density at radius 2 is 2.00 bits per heavy atom. The second-order valence-corrected chi connectivity index (χ2v) is 4.31. The van der Waals surface area contributed by atoms with E-state index >= 15 is 0 Å². The van der Waals surface area contributed by atoms with E-state index in [-0.39, 0.29) is 5.78 Å². The van der Waals surface area contributed by atoms with Crippen molar-refractivity contribution in [3.8, 4) is 5.75 Å². The molecule has 17 heavy (non-hydrogen) atoms. The molecule has 1 aromatic carbocycles. The summed E-state index contributed by atoms with van der Waals surface area (Å²) in [6, 6.07) is 5.68. The molecular weight excluding hydrogens is 212 g/mol. The predicted octanol–water partition coefficient (Wildman–Crippen LogP) is 4.16. The van der Waals surface area contributed by atoms with Gasteiger partial charge in [0.2, 0.25) is 0 Å². The molecule has 0 unspecified atom stereocenters. The van der Waals surface area contributed by atoms with Crippen LogP contribution in [0.15, 0.2) is 18.2 Å². The molecule has 0 heterocycles. The molecule has 0 saturated carbocycles. The van der Waals surface area contributed by atoms with Crippen LogP contribution in [-0.2, 0) is 0 Å². The van der Waals surface area contributed by atoms with E-state index in [0.717, 1.165) is 29.9 Å². The Kier molecular flexibility index (Phi) is 5.75. The molecule has 0 aliphatic heterocycles. The van der Waals surface area contributed by atoms with Gasteiger partial charge in [0.15, 0.2) is 5.78 Å². The fraction of sp³-hybridized carbons (Fsp3) is 0.533. The lowest BCUT2D eigenvalue weighted by atomic mass is 10.1. The fourth-order valence-electron chi connectivity index (χ4n) is 1.72. The Hall–Kier alpha value is -1.31. The Bertz CT molecular complexity index is 369. The van der Waals surface area contributed by atoms with Crippen LogP contribution in [0.1, 0.15) is 55.5 Å². The fourth-order valence-corrected chi connectivity index (χ4v) is 1.72. The van der Waals surface area contributed by atoms with Crippen molar-refractivity contribution in [3.63, 3.8) is 0 Å². The highest BCUT2D eigenvalue weighted by molar-refractivity contribution is 5.96. The third kappa shape index (κ3) is 4.22. The van der Waals surface area contributed by atoms with Gasteiger partial charge in [0.05, 0.1) is 6.61 Å². The van der Waals surface area contributed by atoms with E-state index in [0.29, 0.717) is 6.42 Å². The largest absolute Gasteiger partial charge is 0.493 e. The molecule has 0 radical (unpaired) electrons. The lowest BCUT2D eigenvalue weighted by molar-refractivity contribution is 0.0988. The van der Waals surface area contributed by atoms with Gasteiger partial charge in [-0.2, -0.15) is 0 Å². The van der Waals surface area contributed by atoms with Gasteiger partial charge in [-0.3, -0.25) is 4.79 Å². The number of ether oxygens (including phenoxy) is 1. The summed E-state index contributed by atoms with van der Waals surface area (Å²) in [5, 5.41) is 0. The Balaban J connectivity index is 2.60. The van der Waals surface area contributed by atoms with E-state index in [1.54, 1.807) is 0 Å². The van der Waals surface area contributed by atoms with Gasteiger partial charge in [-0.1, -0.05) is 26.7 Å². The van der Waals surface area contributed by atoms with E-state index in [2.05, 4.69) is 6.92 Å². The van der Waals surface area contributed by atoms with Crippen LogP contribution in [0.4, 0.5) is 0 Å². The van der Waals surface area contributed by atoms with Crippen molar-refractivity contribution in [1.82, 2.24) is 0 Å². The van der Waals surface area contributed by atoms with E-state index < -0.39 is 0 Å². The van der Waals surface area contributed by atoms with Crippen LogP contribution < -0.4 is 4.74 Å². The molecule has 2 nitrogen and oxygen atoms in total. The first-order valence-corrected chi connectivity index (χ1v) is 6.45. The first kappa shape index (κ1) is 13.8. The monoisotopic (exact) mass is 234 g/mol. The zero-order chi connectivity index (χ0) is 12.7. The van der Waals surface area contributed by atoms with E-state index in [9.17, 15) is 4.79 Å². The Labute approximate surface area is 104 Å². The van der Waals surface area contributed by atoms with Gasteiger partial charge < -0.3 is 4.74 Å². The van der Waals surface area contributed by atoms with Gasteiger partial charge in [0, 0.05) is 12.0 Å². The topological polar surface area (TPSA) is 26.3 Å². The molecule has 1 aromatic rings. The molecule has 0 amide bonds. The van der Waals surface area contributed by atoms with Gasteiger partial charge >= 0.3 is 0 Å². The van der Waals surface area contributed by atoms with Crippen molar-refractivity contribution >= 4 is 5.78 Å². The quantitative estimate of drug-likeness (QED) is 0.523. The number of carbonyl (C=O) groups excluding carboxylic acids is 1. The zero-order valence-electron chi connectivity index (χ0n) is 11.1.